The van der Waals surface area contributed by atoms with E-state index in [9.17, 15) is 4.79 Å². The number of rotatable bonds is 5. The van der Waals surface area contributed by atoms with E-state index in [2.05, 4.69) is 59.2 Å². The number of piperazine rings is 1. The minimum Gasteiger partial charge on any atom is -0.312 e. The number of carbonyl (C=O) groups is 1. The van der Waals surface area contributed by atoms with Crippen LogP contribution < -0.4 is 4.90 Å². The summed E-state index contributed by atoms with van der Waals surface area (Å²) in [4.78, 5) is 19.6. The second-order valence-corrected chi connectivity index (χ2v) is 7.72. The number of hydrogen-bond donors (Lipinski definition) is 0. The summed E-state index contributed by atoms with van der Waals surface area (Å²) < 4.78 is 0. The number of carbonyl (C=O) groups excluding carboxylic acids is 1. The molecule has 2 heterocycles. The van der Waals surface area contributed by atoms with E-state index < -0.39 is 0 Å². The number of hydrogen-bond acceptors (Lipinski definition) is 3. The summed E-state index contributed by atoms with van der Waals surface area (Å²) in [6.07, 6.45) is 1.60. The molecule has 142 valence electrons. The third-order valence-corrected chi connectivity index (χ3v) is 5.95. The van der Waals surface area contributed by atoms with Gasteiger partial charge in [-0.1, -0.05) is 42.5 Å². The molecule has 2 aromatic carbocycles. The molecule has 0 bridgehead atoms. The molecule has 0 aromatic heterocycles. The molecule has 2 aliphatic heterocycles. The quantitative estimate of drug-likeness (QED) is 0.817. The number of nitrogens with zero attached hydrogens (tertiary/aromatic N) is 3. The van der Waals surface area contributed by atoms with Gasteiger partial charge in [0.05, 0.1) is 0 Å². The number of amides is 1. The van der Waals surface area contributed by atoms with Gasteiger partial charge in [-0.2, -0.15) is 0 Å². The molecule has 0 aliphatic carbocycles. The molecular formula is C23H29N3O. The van der Waals surface area contributed by atoms with Gasteiger partial charge in [-0.15, -0.1) is 0 Å². The molecule has 0 radical (unpaired) electrons. The molecule has 2 aromatic rings. The lowest BCUT2D eigenvalue weighted by Crippen LogP contribution is -2.47. The number of anilines is 1. The Morgan fingerprint density at radius 3 is 2.41 bits per heavy atom. The Labute approximate surface area is 162 Å². The summed E-state index contributed by atoms with van der Waals surface area (Å²) in [5.74, 6) is 0.266. The third-order valence-electron chi connectivity index (χ3n) is 5.95. The summed E-state index contributed by atoms with van der Waals surface area (Å²) in [5.41, 5.74) is 5.21. The Bertz CT molecular complexity index is 796. The van der Waals surface area contributed by atoms with Crippen LogP contribution in [0.15, 0.2) is 48.5 Å². The van der Waals surface area contributed by atoms with Crippen LogP contribution in [0.25, 0.3) is 0 Å². The number of fused-ring (bicyclic) bond motifs is 1. The maximum absolute atomic E-state index is 12.7. The van der Waals surface area contributed by atoms with E-state index in [1.165, 1.54) is 16.7 Å². The number of benzene rings is 2. The highest BCUT2D eigenvalue weighted by molar-refractivity contribution is 5.95. The fourth-order valence-corrected chi connectivity index (χ4v) is 4.19. The van der Waals surface area contributed by atoms with Crippen LogP contribution in [0.1, 0.15) is 23.1 Å². The van der Waals surface area contributed by atoms with Crippen molar-refractivity contribution in [3.63, 3.8) is 0 Å². The fourth-order valence-electron chi connectivity index (χ4n) is 4.19. The fraction of sp³-hybridized carbons (Fsp3) is 0.435. The van der Waals surface area contributed by atoms with Gasteiger partial charge in [-0.3, -0.25) is 9.69 Å². The second-order valence-electron chi connectivity index (χ2n) is 7.72. The smallest absolute Gasteiger partial charge is 0.228 e. The largest absolute Gasteiger partial charge is 0.312 e. The van der Waals surface area contributed by atoms with Crippen molar-refractivity contribution >= 4 is 11.6 Å². The molecule has 27 heavy (non-hydrogen) atoms. The van der Waals surface area contributed by atoms with E-state index in [1.807, 2.05) is 11.0 Å². The first-order valence-electron chi connectivity index (χ1n) is 10.1. The maximum atomic E-state index is 12.7. The van der Waals surface area contributed by atoms with Crippen LogP contribution >= 0.6 is 0 Å². The molecule has 4 rings (SSSR count). The van der Waals surface area contributed by atoms with Gasteiger partial charge in [-0.05, 0) is 36.1 Å². The zero-order chi connectivity index (χ0) is 18.6. The first-order chi connectivity index (χ1) is 13.2. The van der Waals surface area contributed by atoms with Crippen LogP contribution in [0.5, 0.6) is 0 Å². The lowest BCUT2D eigenvalue weighted by atomic mass is 10.1. The Hall–Kier alpha value is -2.17. The van der Waals surface area contributed by atoms with Crippen molar-refractivity contribution in [2.24, 2.45) is 0 Å². The zero-order valence-corrected chi connectivity index (χ0v) is 16.2. The SMILES string of the molecule is Cc1ccccc1CN1CCN(CCC(=O)N2CCc3ccccc32)CC1. The Morgan fingerprint density at radius 1 is 0.889 bits per heavy atom. The van der Waals surface area contributed by atoms with Gasteiger partial charge >= 0.3 is 0 Å². The molecule has 0 spiro atoms. The number of aryl methyl sites for hydroxylation is 1. The van der Waals surface area contributed by atoms with Gasteiger partial charge in [0.2, 0.25) is 5.91 Å². The monoisotopic (exact) mass is 363 g/mol. The molecule has 1 saturated heterocycles. The standard InChI is InChI=1S/C23H29N3O/c1-19-6-2-3-8-21(19)18-25-16-14-24(15-17-25)12-11-23(27)26-13-10-20-7-4-5-9-22(20)26/h2-9H,10-18H2,1H3. The third kappa shape index (κ3) is 4.23. The van der Waals surface area contributed by atoms with Crippen LogP contribution in [-0.2, 0) is 17.8 Å². The minimum absolute atomic E-state index is 0.266. The van der Waals surface area contributed by atoms with E-state index in [4.69, 9.17) is 0 Å². The van der Waals surface area contributed by atoms with Gasteiger partial charge in [0.1, 0.15) is 0 Å². The second kappa shape index (κ2) is 8.24. The topological polar surface area (TPSA) is 26.8 Å². The summed E-state index contributed by atoms with van der Waals surface area (Å²) in [6.45, 7) is 9.19. The predicted molar refractivity (Wildman–Crippen MR) is 110 cm³/mol. The van der Waals surface area contributed by atoms with E-state index in [-0.39, 0.29) is 5.91 Å². The van der Waals surface area contributed by atoms with Crippen LogP contribution in [0.2, 0.25) is 0 Å². The maximum Gasteiger partial charge on any atom is 0.228 e. The van der Waals surface area contributed by atoms with Crippen LogP contribution in [0, 0.1) is 6.92 Å². The highest BCUT2D eigenvalue weighted by atomic mass is 16.2. The molecule has 2 aliphatic rings. The van der Waals surface area contributed by atoms with Gasteiger partial charge in [0.25, 0.3) is 0 Å². The Morgan fingerprint density at radius 2 is 1.59 bits per heavy atom. The number of para-hydroxylation sites is 1. The first-order valence-corrected chi connectivity index (χ1v) is 10.1. The van der Waals surface area contributed by atoms with Crippen molar-refractivity contribution < 1.29 is 4.79 Å². The normalized spacial score (nSPS) is 17.9. The Kier molecular flexibility index (Phi) is 5.55. The molecule has 0 atom stereocenters. The molecular weight excluding hydrogens is 334 g/mol. The first kappa shape index (κ1) is 18.2. The van der Waals surface area contributed by atoms with Crippen LogP contribution in [-0.4, -0.2) is 55.0 Å². The van der Waals surface area contributed by atoms with E-state index >= 15 is 0 Å². The van der Waals surface area contributed by atoms with Crippen molar-refractivity contribution in [3.05, 3.63) is 65.2 Å². The summed E-state index contributed by atoms with van der Waals surface area (Å²) in [5, 5.41) is 0. The minimum atomic E-state index is 0.266. The van der Waals surface area contributed by atoms with E-state index in [0.717, 1.165) is 57.9 Å². The zero-order valence-electron chi connectivity index (χ0n) is 16.2. The lowest BCUT2D eigenvalue weighted by molar-refractivity contribution is -0.118. The summed E-state index contributed by atoms with van der Waals surface area (Å²) in [6, 6.07) is 16.9. The van der Waals surface area contributed by atoms with Gasteiger partial charge in [0, 0.05) is 57.9 Å². The molecule has 4 heteroatoms. The Balaban J connectivity index is 1.23. The van der Waals surface area contributed by atoms with Crippen molar-refractivity contribution in [1.82, 2.24) is 9.80 Å². The van der Waals surface area contributed by atoms with Crippen molar-refractivity contribution in [2.75, 3.05) is 44.2 Å². The van der Waals surface area contributed by atoms with E-state index in [0.29, 0.717) is 6.42 Å². The summed E-state index contributed by atoms with van der Waals surface area (Å²) in [7, 11) is 0. The highest BCUT2D eigenvalue weighted by Gasteiger charge is 2.25. The van der Waals surface area contributed by atoms with Gasteiger partial charge in [-0.25, -0.2) is 0 Å². The van der Waals surface area contributed by atoms with Crippen LogP contribution in [0.3, 0.4) is 0 Å². The predicted octanol–water partition coefficient (Wildman–Crippen LogP) is 3.09. The van der Waals surface area contributed by atoms with Crippen molar-refractivity contribution in [1.29, 1.82) is 0 Å². The molecule has 0 unspecified atom stereocenters. The highest BCUT2D eigenvalue weighted by Crippen LogP contribution is 2.27. The van der Waals surface area contributed by atoms with Gasteiger partial charge in [0.15, 0.2) is 0 Å². The molecule has 0 saturated carbocycles. The average molecular weight is 364 g/mol. The van der Waals surface area contributed by atoms with Crippen molar-refractivity contribution in [2.45, 2.75) is 26.3 Å². The molecule has 4 nitrogen and oxygen atoms in total. The van der Waals surface area contributed by atoms with E-state index in [1.54, 1.807) is 0 Å². The molecule has 1 amide bonds. The summed E-state index contributed by atoms with van der Waals surface area (Å²) >= 11 is 0. The van der Waals surface area contributed by atoms with Gasteiger partial charge < -0.3 is 9.80 Å². The average Bonchev–Trinajstić information content (AvgIpc) is 3.13. The van der Waals surface area contributed by atoms with Crippen LogP contribution in [0.4, 0.5) is 5.69 Å². The molecule has 0 N–H and O–H groups in total. The van der Waals surface area contributed by atoms with Crippen molar-refractivity contribution in [3.8, 4) is 0 Å². The lowest BCUT2D eigenvalue weighted by Gasteiger charge is -2.35. The molecule has 1 fully saturated rings.